The van der Waals surface area contributed by atoms with Crippen LogP contribution in [0.2, 0.25) is 0 Å². The van der Waals surface area contributed by atoms with Crippen LogP contribution in [0.15, 0.2) is 21.5 Å². The Morgan fingerprint density at radius 2 is 2.07 bits per heavy atom. The summed E-state index contributed by atoms with van der Waals surface area (Å²) >= 11 is 1.64. The zero-order chi connectivity index (χ0) is 21.0. The van der Waals surface area contributed by atoms with Gasteiger partial charge in [-0.15, -0.1) is 11.3 Å². The number of H-pyrrole nitrogens is 2. The third-order valence-electron chi connectivity index (χ3n) is 6.68. The van der Waals surface area contributed by atoms with E-state index in [9.17, 15) is 9.59 Å². The number of halogens is 1. The summed E-state index contributed by atoms with van der Waals surface area (Å²) in [4.78, 5) is 31.8. The van der Waals surface area contributed by atoms with E-state index in [1.807, 2.05) is 0 Å². The Kier molecular flexibility index (Phi) is 5.03. The van der Waals surface area contributed by atoms with Crippen LogP contribution in [0, 0.1) is 11.8 Å². The lowest BCUT2D eigenvalue weighted by molar-refractivity contribution is 0.0768. The summed E-state index contributed by atoms with van der Waals surface area (Å²) < 4.78 is 21.7. The van der Waals surface area contributed by atoms with Crippen molar-refractivity contribution in [3.05, 3.63) is 59.3 Å². The summed E-state index contributed by atoms with van der Waals surface area (Å²) in [6, 6.07) is 2.11. The van der Waals surface area contributed by atoms with Gasteiger partial charge in [-0.2, -0.15) is 0 Å². The van der Waals surface area contributed by atoms with E-state index in [-0.39, 0.29) is 17.3 Å². The van der Waals surface area contributed by atoms with E-state index in [4.69, 9.17) is 10.5 Å². The fourth-order valence-corrected chi connectivity index (χ4v) is 6.46. The van der Waals surface area contributed by atoms with Gasteiger partial charge in [0.05, 0.1) is 17.2 Å². The van der Waals surface area contributed by atoms with E-state index >= 15 is 4.39 Å². The van der Waals surface area contributed by atoms with Crippen molar-refractivity contribution in [3.8, 4) is 0 Å². The predicted molar refractivity (Wildman–Crippen MR) is 114 cm³/mol. The van der Waals surface area contributed by atoms with Crippen LogP contribution in [-0.2, 0) is 17.6 Å². The number of aryl methyl sites for hydroxylation is 1. The van der Waals surface area contributed by atoms with E-state index in [1.165, 1.54) is 17.6 Å². The van der Waals surface area contributed by atoms with Crippen LogP contribution in [0.5, 0.6) is 0 Å². The van der Waals surface area contributed by atoms with Gasteiger partial charge in [0.2, 0.25) is 0 Å². The maximum Gasteiger partial charge on any atom is 0.326 e. The molecular weight excluding hydrogens is 405 g/mol. The van der Waals surface area contributed by atoms with Crippen molar-refractivity contribution in [2.45, 2.75) is 50.5 Å². The molecule has 3 aliphatic rings. The molecule has 3 aliphatic carbocycles. The first-order valence-corrected chi connectivity index (χ1v) is 11.4. The van der Waals surface area contributed by atoms with Crippen molar-refractivity contribution in [1.82, 2.24) is 9.97 Å². The van der Waals surface area contributed by atoms with E-state index in [0.29, 0.717) is 23.7 Å². The van der Waals surface area contributed by atoms with Crippen LogP contribution in [0.1, 0.15) is 64.3 Å². The first-order valence-electron chi connectivity index (χ1n) is 10.6. The van der Waals surface area contributed by atoms with Gasteiger partial charge in [-0.1, -0.05) is 0 Å². The average Bonchev–Trinajstić information content (AvgIpc) is 3.46. The number of hydrogen-bond donors (Lipinski definition) is 3. The number of fused-ring (bicyclic) bond motifs is 2. The number of ether oxygens (including phenoxy) is 1. The van der Waals surface area contributed by atoms with Crippen molar-refractivity contribution >= 4 is 16.9 Å². The van der Waals surface area contributed by atoms with Crippen molar-refractivity contribution < 1.29 is 9.13 Å². The Hall–Kier alpha value is -2.03. The highest BCUT2D eigenvalue weighted by Crippen LogP contribution is 2.55. The summed E-state index contributed by atoms with van der Waals surface area (Å²) in [6.45, 7) is 0.687. The number of methoxy groups -OCH3 is 1. The lowest BCUT2D eigenvalue weighted by Crippen LogP contribution is -2.34. The molecule has 8 heteroatoms. The van der Waals surface area contributed by atoms with Crippen LogP contribution < -0.4 is 17.0 Å². The molecule has 5 rings (SSSR count). The Balaban J connectivity index is 1.63. The summed E-state index contributed by atoms with van der Waals surface area (Å²) in [5, 5.41) is 0. The van der Waals surface area contributed by atoms with Gasteiger partial charge in [0.25, 0.3) is 5.56 Å². The number of rotatable bonds is 5. The second kappa shape index (κ2) is 7.59. The molecule has 1 fully saturated rings. The van der Waals surface area contributed by atoms with Gasteiger partial charge in [-0.3, -0.25) is 9.78 Å². The van der Waals surface area contributed by atoms with Crippen LogP contribution >= 0.6 is 11.3 Å². The maximum absolute atomic E-state index is 16.0. The zero-order valence-electron chi connectivity index (χ0n) is 16.9. The van der Waals surface area contributed by atoms with Gasteiger partial charge >= 0.3 is 5.69 Å². The molecule has 0 bridgehead atoms. The number of nitrogens with one attached hydrogen (secondary N) is 2. The first kappa shape index (κ1) is 19.9. The number of allylic oxidation sites excluding steroid dienone is 1. The largest absolute Gasteiger partial charge is 0.374 e. The summed E-state index contributed by atoms with van der Waals surface area (Å²) in [5.41, 5.74) is 6.99. The number of aromatic nitrogens is 2. The molecular formula is C22H26FN3O3S. The number of aromatic amines is 2. The van der Waals surface area contributed by atoms with Gasteiger partial charge in [0.1, 0.15) is 11.9 Å². The molecule has 3 atom stereocenters. The fraction of sp³-hybridized carbons (Fsp3) is 0.545. The number of hydrogen-bond acceptors (Lipinski definition) is 5. The molecule has 0 amide bonds. The van der Waals surface area contributed by atoms with Gasteiger partial charge in [-0.05, 0) is 68.5 Å². The highest BCUT2D eigenvalue weighted by molar-refractivity contribution is 7.12. The van der Waals surface area contributed by atoms with E-state index in [0.717, 1.165) is 43.4 Å². The standard InChI is InChI=1S/C22H26FN3O3S/c1-29-20-16(14-9-12-8-10(6-7-24)2-5-13(12)30-14)18(23)15(11-3-4-11)17-19(20)25-22(28)26-21(17)27/h9-11,16,20H,2-8,24H2,1H3,(H2,25,26,27,28). The van der Waals surface area contributed by atoms with Gasteiger partial charge in [0.15, 0.2) is 0 Å². The van der Waals surface area contributed by atoms with Crippen LogP contribution in [0.4, 0.5) is 4.39 Å². The molecule has 160 valence electrons. The van der Waals surface area contributed by atoms with Gasteiger partial charge < -0.3 is 15.5 Å². The van der Waals surface area contributed by atoms with E-state index in [2.05, 4.69) is 16.0 Å². The third-order valence-corrected chi connectivity index (χ3v) is 8.00. The lowest BCUT2D eigenvalue weighted by Gasteiger charge is -2.31. The van der Waals surface area contributed by atoms with Crippen LogP contribution in [0.3, 0.4) is 0 Å². The highest BCUT2D eigenvalue weighted by Gasteiger charge is 2.45. The normalized spacial score (nSPS) is 25.9. The molecule has 0 aliphatic heterocycles. The number of nitrogens with two attached hydrogens (primary N) is 1. The first-order chi connectivity index (χ1) is 14.5. The Bertz CT molecular complexity index is 1130. The molecule has 0 radical (unpaired) electrons. The van der Waals surface area contributed by atoms with Crippen molar-refractivity contribution in [2.75, 3.05) is 13.7 Å². The van der Waals surface area contributed by atoms with E-state index in [1.54, 1.807) is 11.3 Å². The quantitative estimate of drug-likeness (QED) is 0.677. The second-order valence-corrected chi connectivity index (χ2v) is 9.82. The van der Waals surface area contributed by atoms with Crippen molar-refractivity contribution in [3.63, 3.8) is 0 Å². The Morgan fingerprint density at radius 1 is 1.27 bits per heavy atom. The molecule has 2 heterocycles. The Morgan fingerprint density at radius 3 is 2.77 bits per heavy atom. The fourth-order valence-electron chi connectivity index (χ4n) is 5.13. The molecule has 3 unspecified atom stereocenters. The van der Waals surface area contributed by atoms with Gasteiger partial charge in [-0.25, -0.2) is 9.18 Å². The summed E-state index contributed by atoms with van der Waals surface area (Å²) in [5.74, 6) is -0.322. The van der Waals surface area contributed by atoms with Crippen LogP contribution in [-0.4, -0.2) is 23.6 Å². The average molecular weight is 432 g/mol. The minimum Gasteiger partial charge on any atom is -0.374 e. The summed E-state index contributed by atoms with van der Waals surface area (Å²) in [7, 11) is 1.50. The monoisotopic (exact) mass is 431 g/mol. The minimum atomic E-state index is -0.738. The lowest BCUT2D eigenvalue weighted by atomic mass is 9.81. The van der Waals surface area contributed by atoms with E-state index < -0.39 is 23.3 Å². The molecule has 6 nitrogen and oxygen atoms in total. The van der Waals surface area contributed by atoms with Crippen molar-refractivity contribution in [1.29, 1.82) is 0 Å². The SMILES string of the molecule is COC1c2[nH]c(=O)[nH]c(=O)c2C(C2CC2)=C(F)C1c1cc2c(s1)CCC(CCN)C2. The molecule has 0 saturated heterocycles. The molecule has 0 spiro atoms. The van der Waals surface area contributed by atoms with Crippen LogP contribution in [0.25, 0.3) is 5.57 Å². The van der Waals surface area contributed by atoms with Crippen molar-refractivity contribution in [2.24, 2.45) is 17.6 Å². The van der Waals surface area contributed by atoms with Gasteiger partial charge in [0, 0.05) is 22.4 Å². The molecule has 4 N–H and O–H groups in total. The highest BCUT2D eigenvalue weighted by atomic mass is 32.1. The molecule has 2 aromatic heterocycles. The zero-order valence-corrected chi connectivity index (χ0v) is 17.7. The Labute approximate surface area is 177 Å². The molecule has 30 heavy (non-hydrogen) atoms. The molecule has 2 aromatic rings. The number of thiophene rings is 1. The second-order valence-electron chi connectivity index (χ2n) is 8.65. The smallest absolute Gasteiger partial charge is 0.326 e. The molecule has 0 aromatic carbocycles. The third kappa shape index (κ3) is 3.21. The predicted octanol–water partition coefficient (Wildman–Crippen LogP) is 3.15. The molecule has 1 saturated carbocycles. The topological polar surface area (TPSA) is 101 Å². The maximum atomic E-state index is 16.0. The summed E-state index contributed by atoms with van der Waals surface area (Å²) in [6.07, 6.45) is 5.05. The minimum absolute atomic E-state index is 0.0274.